The summed E-state index contributed by atoms with van der Waals surface area (Å²) in [5, 5.41) is 6.88. The van der Waals surface area contributed by atoms with E-state index in [1.807, 2.05) is 19.9 Å². The van der Waals surface area contributed by atoms with E-state index < -0.39 is 0 Å². The highest BCUT2D eigenvalue weighted by atomic mass is 79.9. The van der Waals surface area contributed by atoms with Gasteiger partial charge in [0, 0.05) is 21.1 Å². The number of hydrogen-bond donors (Lipinski definition) is 2. The lowest BCUT2D eigenvalue weighted by Gasteiger charge is -2.15. The number of hydrogen-bond acceptors (Lipinski definition) is 3. The first-order valence-electron chi connectivity index (χ1n) is 7.75. The van der Waals surface area contributed by atoms with Crippen LogP contribution in [-0.4, -0.2) is 17.1 Å². The molecule has 8 heteroatoms. The van der Waals surface area contributed by atoms with Gasteiger partial charge in [-0.15, -0.1) is 0 Å². The van der Waals surface area contributed by atoms with Crippen molar-refractivity contribution in [3.63, 3.8) is 0 Å². The van der Waals surface area contributed by atoms with Gasteiger partial charge >= 0.3 is 0 Å². The first-order valence-corrected chi connectivity index (χ1v) is 9.71. The molecule has 0 saturated carbocycles. The van der Waals surface area contributed by atoms with E-state index in [0.717, 1.165) is 10.0 Å². The van der Waals surface area contributed by atoms with Crippen molar-refractivity contribution in [1.29, 1.82) is 0 Å². The molecule has 0 aliphatic heterocycles. The van der Waals surface area contributed by atoms with E-state index in [2.05, 4.69) is 26.6 Å². The molecule has 138 valence electrons. The zero-order valence-electron chi connectivity index (χ0n) is 14.1. The number of rotatable bonds is 5. The van der Waals surface area contributed by atoms with Gasteiger partial charge in [0.1, 0.15) is 5.75 Å². The van der Waals surface area contributed by atoms with Crippen LogP contribution in [0.2, 0.25) is 10.0 Å². The molecule has 0 heterocycles. The van der Waals surface area contributed by atoms with Crippen molar-refractivity contribution < 1.29 is 9.53 Å². The van der Waals surface area contributed by atoms with Crippen LogP contribution in [0.1, 0.15) is 29.8 Å². The van der Waals surface area contributed by atoms with E-state index in [4.69, 9.17) is 40.2 Å². The van der Waals surface area contributed by atoms with Gasteiger partial charge in [-0.05, 0) is 62.0 Å². The number of carbonyl (C=O) groups excluding carboxylic acids is 1. The van der Waals surface area contributed by atoms with Crippen LogP contribution in [0.25, 0.3) is 0 Å². The van der Waals surface area contributed by atoms with Crippen molar-refractivity contribution in [3.05, 3.63) is 62.0 Å². The van der Waals surface area contributed by atoms with Crippen molar-refractivity contribution in [2.75, 3.05) is 0 Å². The average Bonchev–Trinajstić information content (AvgIpc) is 2.55. The second kappa shape index (κ2) is 9.55. The Hall–Kier alpha value is -1.34. The normalized spacial score (nSPS) is 10.5. The molecule has 4 nitrogen and oxygen atoms in total. The Bertz CT molecular complexity index is 831. The van der Waals surface area contributed by atoms with Crippen LogP contribution < -0.4 is 15.4 Å². The van der Waals surface area contributed by atoms with Crippen molar-refractivity contribution in [1.82, 2.24) is 10.6 Å². The highest BCUT2D eigenvalue weighted by Crippen LogP contribution is 2.24. The number of benzene rings is 2. The zero-order chi connectivity index (χ0) is 19.3. The Morgan fingerprint density at radius 2 is 1.96 bits per heavy atom. The summed E-state index contributed by atoms with van der Waals surface area (Å²) in [7, 11) is 0. The average molecular weight is 476 g/mol. The minimum absolute atomic E-state index is 0.0557. The van der Waals surface area contributed by atoms with Crippen LogP contribution in [-0.2, 0) is 6.54 Å². The molecule has 0 saturated heterocycles. The lowest BCUT2D eigenvalue weighted by molar-refractivity contribution is 0.0971. The summed E-state index contributed by atoms with van der Waals surface area (Å²) in [4.78, 5) is 12.5. The maximum Gasteiger partial charge on any atom is 0.261 e. The van der Waals surface area contributed by atoms with Gasteiger partial charge in [-0.1, -0.05) is 45.2 Å². The van der Waals surface area contributed by atoms with Gasteiger partial charge < -0.3 is 10.1 Å². The molecule has 26 heavy (non-hydrogen) atoms. The summed E-state index contributed by atoms with van der Waals surface area (Å²) < 4.78 is 6.45. The molecule has 0 bridgehead atoms. The molecule has 1 amide bonds. The van der Waals surface area contributed by atoms with Crippen LogP contribution in [0.3, 0.4) is 0 Å². The predicted octanol–water partition coefficient (Wildman–Crippen LogP) is 5.35. The maximum absolute atomic E-state index is 12.5. The van der Waals surface area contributed by atoms with Crippen LogP contribution in [0.5, 0.6) is 5.75 Å². The summed E-state index contributed by atoms with van der Waals surface area (Å²) in [6.07, 6.45) is -0.0557. The fourth-order valence-electron chi connectivity index (χ4n) is 2.09. The van der Waals surface area contributed by atoms with E-state index in [1.54, 1.807) is 30.3 Å². The molecule has 0 spiro atoms. The minimum atomic E-state index is -0.360. The second-order valence-electron chi connectivity index (χ2n) is 5.68. The quantitative estimate of drug-likeness (QED) is 0.572. The number of thiocarbonyl (C=S) groups is 1. The van der Waals surface area contributed by atoms with Crippen molar-refractivity contribution >= 4 is 62.4 Å². The molecular formula is C18H17BrCl2N2O2S. The van der Waals surface area contributed by atoms with Gasteiger partial charge in [0.15, 0.2) is 5.11 Å². The van der Waals surface area contributed by atoms with Crippen LogP contribution >= 0.6 is 51.3 Å². The highest BCUT2D eigenvalue weighted by Gasteiger charge is 2.15. The lowest BCUT2D eigenvalue weighted by Crippen LogP contribution is -2.39. The fourth-order valence-corrected chi connectivity index (χ4v) is 3.09. The number of halogens is 3. The minimum Gasteiger partial charge on any atom is -0.490 e. The Morgan fingerprint density at radius 1 is 1.23 bits per heavy atom. The summed E-state index contributed by atoms with van der Waals surface area (Å²) in [6.45, 7) is 4.15. The van der Waals surface area contributed by atoms with Crippen molar-refractivity contribution in [2.24, 2.45) is 0 Å². The number of ether oxygens (including phenoxy) is 1. The Balaban J connectivity index is 2.02. The van der Waals surface area contributed by atoms with Crippen molar-refractivity contribution in [3.8, 4) is 5.75 Å². The van der Waals surface area contributed by atoms with E-state index in [-0.39, 0.29) is 17.1 Å². The van der Waals surface area contributed by atoms with E-state index in [1.165, 1.54) is 0 Å². The molecular weight excluding hydrogens is 459 g/mol. The first kappa shape index (κ1) is 21.0. The van der Waals surface area contributed by atoms with E-state index in [9.17, 15) is 4.79 Å². The molecule has 0 aliphatic carbocycles. The molecule has 2 rings (SSSR count). The second-order valence-corrected chi connectivity index (χ2v) is 7.85. The molecule has 2 aromatic carbocycles. The van der Waals surface area contributed by atoms with Crippen LogP contribution in [0.4, 0.5) is 0 Å². The SMILES string of the molecule is CC(C)Oc1ccc(Br)cc1C(=O)NC(=S)NCc1ccc(Cl)cc1Cl. The third-order valence-electron chi connectivity index (χ3n) is 3.23. The summed E-state index contributed by atoms with van der Waals surface area (Å²) in [5.74, 6) is 0.130. The third-order valence-corrected chi connectivity index (χ3v) is 4.56. The first-order chi connectivity index (χ1) is 12.3. The molecule has 0 aromatic heterocycles. The van der Waals surface area contributed by atoms with Crippen LogP contribution in [0, 0.1) is 0 Å². The topological polar surface area (TPSA) is 50.4 Å². The summed E-state index contributed by atoms with van der Waals surface area (Å²) >= 11 is 20.6. The van der Waals surface area contributed by atoms with Gasteiger partial charge in [0.25, 0.3) is 5.91 Å². The zero-order valence-corrected chi connectivity index (χ0v) is 18.0. The van der Waals surface area contributed by atoms with Gasteiger partial charge in [0.05, 0.1) is 11.7 Å². The van der Waals surface area contributed by atoms with E-state index in [0.29, 0.717) is 27.9 Å². The lowest BCUT2D eigenvalue weighted by atomic mass is 10.2. The molecule has 0 aliphatic rings. The molecule has 2 aromatic rings. The third kappa shape index (κ3) is 6.13. The molecule has 0 fully saturated rings. The van der Waals surface area contributed by atoms with Crippen LogP contribution in [0.15, 0.2) is 40.9 Å². The predicted molar refractivity (Wildman–Crippen MR) is 113 cm³/mol. The molecule has 0 atom stereocenters. The smallest absolute Gasteiger partial charge is 0.261 e. The monoisotopic (exact) mass is 474 g/mol. The summed E-state index contributed by atoms with van der Waals surface area (Å²) in [5.41, 5.74) is 1.21. The largest absolute Gasteiger partial charge is 0.490 e. The Labute approximate surface area is 176 Å². The Morgan fingerprint density at radius 3 is 2.62 bits per heavy atom. The molecule has 0 unspecified atom stereocenters. The number of nitrogens with one attached hydrogen (secondary N) is 2. The molecule has 0 radical (unpaired) electrons. The van der Waals surface area contributed by atoms with Crippen molar-refractivity contribution in [2.45, 2.75) is 26.5 Å². The summed E-state index contributed by atoms with van der Waals surface area (Å²) in [6, 6.07) is 10.4. The number of amides is 1. The number of carbonyl (C=O) groups is 1. The van der Waals surface area contributed by atoms with Gasteiger partial charge in [-0.3, -0.25) is 10.1 Å². The maximum atomic E-state index is 12.5. The molecule has 2 N–H and O–H groups in total. The highest BCUT2D eigenvalue weighted by molar-refractivity contribution is 9.10. The fraction of sp³-hybridized carbons (Fsp3) is 0.222. The van der Waals surface area contributed by atoms with Gasteiger partial charge in [-0.2, -0.15) is 0 Å². The van der Waals surface area contributed by atoms with E-state index >= 15 is 0 Å². The van der Waals surface area contributed by atoms with Gasteiger partial charge in [0.2, 0.25) is 0 Å². The Kier molecular flexibility index (Phi) is 7.70. The van der Waals surface area contributed by atoms with Gasteiger partial charge in [-0.25, -0.2) is 0 Å². The standard InChI is InChI=1S/C18H17BrCl2N2O2S/c1-10(2)25-16-6-4-12(19)7-14(16)17(24)23-18(26)22-9-11-3-5-13(20)8-15(11)21/h3-8,10H,9H2,1-2H3,(H2,22,23,24,26).